The number of amides is 2. The Balaban J connectivity index is 1.85. The van der Waals surface area contributed by atoms with Crippen molar-refractivity contribution < 1.29 is 14.0 Å². The van der Waals surface area contributed by atoms with Crippen LogP contribution in [0.4, 0.5) is 4.39 Å². The first-order valence-electron chi connectivity index (χ1n) is 11.8. The summed E-state index contributed by atoms with van der Waals surface area (Å²) in [6, 6.07) is 23.2. The summed E-state index contributed by atoms with van der Waals surface area (Å²) in [6.07, 6.45) is 0.410. The highest BCUT2D eigenvalue weighted by Crippen LogP contribution is 2.20. The summed E-state index contributed by atoms with van der Waals surface area (Å²) >= 11 is 4.92. The van der Waals surface area contributed by atoms with Crippen molar-refractivity contribution in [1.29, 1.82) is 0 Å². The Kier molecular flexibility index (Phi) is 10.1. The predicted molar refractivity (Wildman–Crippen MR) is 149 cm³/mol. The number of halogens is 2. The molecule has 4 nitrogen and oxygen atoms in total. The van der Waals surface area contributed by atoms with Crippen LogP contribution in [0, 0.1) is 5.82 Å². The fraction of sp³-hybridized carbons (Fsp3) is 0.310. The molecule has 190 valence electrons. The van der Waals surface area contributed by atoms with Crippen LogP contribution in [0.1, 0.15) is 37.5 Å². The molecule has 0 spiro atoms. The molecule has 0 radical (unpaired) electrons. The van der Waals surface area contributed by atoms with Gasteiger partial charge >= 0.3 is 0 Å². The van der Waals surface area contributed by atoms with E-state index in [1.807, 2.05) is 75.4 Å². The quantitative estimate of drug-likeness (QED) is 0.308. The van der Waals surface area contributed by atoms with Gasteiger partial charge in [0.05, 0.1) is 5.75 Å². The molecular weight excluding hydrogens is 539 g/mol. The van der Waals surface area contributed by atoms with Gasteiger partial charge in [-0.25, -0.2) is 4.39 Å². The number of thioether (sulfide) groups is 1. The van der Waals surface area contributed by atoms with Crippen LogP contribution in [0.2, 0.25) is 0 Å². The van der Waals surface area contributed by atoms with E-state index in [2.05, 4.69) is 21.2 Å². The van der Waals surface area contributed by atoms with Crippen LogP contribution in [0.25, 0.3) is 0 Å². The average Bonchev–Trinajstić information content (AvgIpc) is 2.83. The van der Waals surface area contributed by atoms with Crippen LogP contribution in [0.3, 0.4) is 0 Å². The van der Waals surface area contributed by atoms with E-state index in [4.69, 9.17) is 0 Å². The summed E-state index contributed by atoms with van der Waals surface area (Å²) in [4.78, 5) is 28.8. The molecule has 0 heterocycles. The van der Waals surface area contributed by atoms with E-state index in [1.165, 1.54) is 23.9 Å². The summed E-state index contributed by atoms with van der Waals surface area (Å²) in [6.45, 7) is 6.12. The molecule has 3 aromatic rings. The van der Waals surface area contributed by atoms with Gasteiger partial charge in [0.25, 0.3) is 0 Å². The molecule has 0 unspecified atom stereocenters. The minimum absolute atomic E-state index is 0.116. The fourth-order valence-electron chi connectivity index (χ4n) is 3.71. The first-order valence-corrected chi connectivity index (χ1v) is 13.8. The minimum atomic E-state index is -0.672. The van der Waals surface area contributed by atoms with Gasteiger partial charge in [-0.2, -0.15) is 0 Å². The molecule has 0 bridgehead atoms. The normalized spacial score (nSPS) is 12.1. The van der Waals surface area contributed by atoms with E-state index in [1.54, 1.807) is 17.0 Å². The first-order chi connectivity index (χ1) is 17.1. The molecule has 0 saturated heterocycles. The summed E-state index contributed by atoms with van der Waals surface area (Å²) in [7, 11) is 0. The number of rotatable bonds is 10. The molecule has 0 aliphatic rings. The van der Waals surface area contributed by atoms with Crippen LogP contribution in [-0.2, 0) is 28.3 Å². The van der Waals surface area contributed by atoms with Crippen molar-refractivity contribution in [3.8, 4) is 0 Å². The second-order valence-corrected chi connectivity index (χ2v) is 11.6. The van der Waals surface area contributed by atoms with Gasteiger partial charge in [0, 0.05) is 28.7 Å². The molecule has 2 amide bonds. The number of nitrogens with one attached hydrogen (secondary N) is 1. The second kappa shape index (κ2) is 13.1. The van der Waals surface area contributed by atoms with E-state index in [9.17, 15) is 14.0 Å². The Morgan fingerprint density at radius 1 is 0.917 bits per heavy atom. The van der Waals surface area contributed by atoms with Gasteiger partial charge in [-0.3, -0.25) is 9.59 Å². The lowest BCUT2D eigenvalue weighted by atomic mass is 10.0. The third kappa shape index (κ3) is 9.10. The number of hydrogen-bond acceptors (Lipinski definition) is 3. The largest absolute Gasteiger partial charge is 0.350 e. The summed E-state index contributed by atoms with van der Waals surface area (Å²) < 4.78 is 14.2. The van der Waals surface area contributed by atoms with Gasteiger partial charge in [0.1, 0.15) is 11.9 Å². The Hall–Kier alpha value is -2.64. The van der Waals surface area contributed by atoms with Gasteiger partial charge < -0.3 is 10.2 Å². The lowest BCUT2D eigenvalue weighted by Crippen LogP contribution is -2.54. The molecule has 0 fully saturated rings. The first kappa shape index (κ1) is 27.9. The maximum absolute atomic E-state index is 13.6. The highest BCUT2D eigenvalue weighted by atomic mass is 79.9. The van der Waals surface area contributed by atoms with Crippen molar-refractivity contribution >= 4 is 39.5 Å². The second-order valence-electron chi connectivity index (χ2n) is 9.71. The van der Waals surface area contributed by atoms with Crippen LogP contribution < -0.4 is 5.32 Å². The van der Waals surface area contributed by atoms with Crippen LogP contribution >= 0.6 is 27.7 Å². The Morgan fingerprint density at radius 3 is 2.14 bits per heavy atom. The zero-order valence-corrected chi connectivity index (χ0v) is 23.2. The van der Waals surface area contributed by atoms with Crippen LogP contribution in [-0.4, -0.2) is 34.0 Å². The smallest absolute Gasteiger partial charge is 0.243 e. The minimum Gasteiger partial charge on any atom is -0.350 e. The van der Waals surface area contributed by atoms with Crippen LogP contribution in [0.5, 0.6) is 0 Å². The number of hydrogen-bond donors (Lipinski definition) is 1. The predicted octanol–water partition coefficient (Wildman–Crippen LogP) is 6.38. The molecule has 0 aromatic heterocycles. The topological polar surface area (TPSA) is 49.4 Å². The van der Waals surface area contributed by atoms with Gasteiger partial charge in [0.2, 0.25) is 11.8 Å². The van der Waals surface area contributed by atoms with Crippen molar-refractivity contribution in [1.82, 2.24) is 10.2 Å². The molecule has 0 saturated carbocycles. The molecular formula is C29H32BrFN2O2S. The molecule has 7 heteroatoms. The lowest BCUT2D eigenvalue weighted by Gasteiger charge is -2.34. The SMILES string of the molecule is CC(C)(C)NC(=O)[C@H](Cc1ccccc1)N(Cc1ccc(Br)cc1)C(=O)CSCc1ccc(F)cc1. The third-order valence-corrected chi connectivity index (χ3v) is 6.96. The fourth-order valence-corrected chi connectivity index (χ4v) is 4.85. The van der Waals surface area contributed by atoms with Crippen molar-refractivity contribution in [3.63, 3.8) is 0 Å². The summed E-state index contributed by atoms with van der Waals surface area (Å²) in [5.41, 5.74) is 2.44. The standard InChI is InChI=1S/C29H32BrFN2O2S/c1-29(2,3)32-28(35)26(17-21-7-5-4-6-8-21)33(18-22-9-13-24(30)14-10-22)27(34)20-36-19-23-11-15-25(31)16-12-23/h4-16,26H,17-20H2,1-3H3,(H,32,35)/t26-/m0/s1. The molecule has 0 aliphatic heterocycles. The Bertz CT molecular complexity index is 1130. The Morgan fingerprint density at radius 2 is 1.53 bits per heavy atom. The van der Waals surface area contributed by atoms with Crippen LogP contribution in [0.15, 0.2) is 83.3 Å². The van der Waals surface area contributed by atoms with Gasteiger partial charge in [-0.1, -0.05) is 70.5 Å². The van der Waals surface area contributed by atoms with E-state index in [0.717, 1.165) is 21.2 Å². The van der Waals surface area contributed by atoms with E-state index >= 15 is 0 Å². The van der Waals surface area contributed by atoms with E-state index in [0.29, 0.717) is 18.7 Å². The number of carbonyl (C=O) groups is 2. The molecule has 36 heavy (non-hydrogen) atoms. The number of nitrogens with zero attached hydrogens (tertiary/aromatic N) is 1. The monoisotopic (exact) mass is 570 g/mol. The molecule has 1 N–H and O–H groups in total. The Labute approximate surface area is 225 Å². The highest BCUT2D eigenvalue weighted by molar-refractivity contribution is 9.10. The molecule has 1 atom stereocenters. The average molecular weight is 572 g/mol. The van der Waals surface area contributed by atoms with E-state index in [-0.39, 0.29) is 23.4 Å². The van der Waals surface area contributed by atoms with Gasteiger partial charge in [0.15, 0.2) is 0 Å². The maximum Gasteiger partial charge on any atom is 0.243 e. The zero-order valence-electron chi connectivity index (χ0n) is 20.8. The van der Waals surface area contributed by atoms with Crippen molar-refractivity contribution in [2.24, 2.45) is 0 Å². The van der Waals surface area contributed by atoms with Gasteiger partial charge in [-0.05, 0) is 61.7 Å². The molecule has 0 aliphatic carbocycles. The summed E-state index contributed by atoms with van der Waals surface area (Å²) in [5.74, 6) is 0.210. The molecule has 3 rings (SSSR count). The molecule has 3 aromatic carbocycles. The number of benzene rings is 3. The van der Waals surface area contributed by atoms with E-state index < -0.39 is 11.6 Å². The zero-order chi connectivity index (χ0) is 26.1. The highest BCUT2D eigenvalue weighted by Gasteiger charge is 2.32. The third-order valence-electron chi connectivity index (χ3n) is 5.44. The van der Waals surface area contributed by atoms with Crippen molar-refractivity contribution in [3.05, 3.63) is 106 Å². The van der Waals surface area contributed by atoms with Gasteiger partial charge in [-0.15, -0.1) is 11.8 Å². The maximum atomic E-state index is 13.6. The number of carbonyl (C=O) groups excluding carboxylic acids is 2. The van der Waals surface area contributed by atoms with Crippen molar-refractivity contribution in [2.45, 2.75) is 51.1 Å². The lowest BCUT2D eigenvalue weighted by molar-refractivity contribution is -0.140. The van der Waals surface area contributed by atoms with Crippen molar-refractivity contribution in [2.75, 3.05) is 5.75 Å². The summed E-state index contributed by atoms with van der Waals surface area (Å²) in [5, 5.41) is 3.07.